The molecule has 7 heavy (non-hydrogen) atoms. The minimum atomic E-state index is -3.32. The van der Waals surface area contributed by atoms with Crippen molar-refractivity contribution in [1.82, 2.24) is 0 Å². The lowest BCUT2D eigenvalue weighted by molar-refractivity contribution is -0.263. The molecule has 2 nitrogen and oxygen atoms in total. The number of hydrogen-bond acceptors (Lipinski definition) is 2. The van der Waals surface area contributed by atoms with Gasteiger partial charge in [0.1, 0.15) is 0 Å². The Balaban J connectivity index is 3.15. The summed E-state index contributed by atoms with van der Waals surface area (Å²) in [5.74, 6) is 0. The van der Waals surface area contributed by atoms with E-state index in [-0.39, 0.29) is 0 Å². The molecule has 0 aromatic heterocycles. The fourth-order valence-corrected chi connectivity index (χ4v) is 0.120. The summed E-state index contributed by atoms with van der Waals surface area (Å²) in [6.07, 6.45) is -0.882. The third-order valence-corrected chi connectivity index (χ3v) is 0.413. The number of alkyl halides is 2. The van der Waals surface area contributed by atoms with E-state index in [1.807, 2.05) is 0 Å². The van der Waals surface area contributed by atoms with Crippen LogP contribution in [0.5, 0.6) is 0 Å². The fraction of sp³-hybridized carbons (Fsp3) is 1.00. The van der Waals surface area contributed by atoms with Gasteiger partial charge in [-0.25, -0.2) is 0 Å². The number of rotatable bonds is 2. The largest absolute Gasteiger partial charge is 0.340 e. The molecule has 0 aliphatic carbocycles. The van der Waals surface area contributed by atoms with Gasteiger partial charge >= 0.3 is 6.04 Å². The third-order valence-electron chi connectivity index (χ3n) is 0.413. The number of hydrogen-bond donors (Lipinski definition) is 2. The molecule has 0 aliphatic heterocycles. The molecule has 2 N–H and O–H groups in total. The van der Waals surface area contributed by atoms with Crippen LogP contribution >= 0.6 is 0 Å². The van der Waals surface area contributed by atoms with Crippen LogP contribution in [0.2, 0.25) is 0 Å². The van der Waals surface area contributed by atoms with Crippen LogP contribution in [0.3, 0.4) is 0 Å². The predicted octanol–water partition coefficient (Wildman–Crippen LogP) is -0.0461. The first-order valence-electron chi connectivity index (χ1n) is 1.76. The van der Waals surface area contributed by atoms with Gasteiger partial charge in [0.05, 0.1) is 13.1 Å². The molecule has 0 aromatic rings. The van der Waals surface area contributed by atoms with Crippen LogP contribution in [-0.2, 0) is 0 Å². The van der Waals surface area contributed by atoms with Gasteiger partial charge in [0.15, 0.2) is 0 Å². The summed E-state index contributed by atoms with van der Waals surface area (Å²) < 4.78 is 22.2. The van der Waals surface area contributed by atoms with Gasteiger partial charge in [-0.1, -0.05) is 0 Å². The van der Waals surface area contributed by atoms with E-state index < -0.39 is 19.1 Å². The molecule has 0 spiro atoms. The van der Waals surface area contributed by atoms with E-state index in [0.29, 0.717) is 0 Å². The Labute approximate surface area is 39.4 Å². The quantitative estimate of drug-likeness (QED) is 0.492. The second-order valence-corrected chi connectivity index (χ2v) is 1.16. The average molecular weight is 112 g/mol. The molecule has 0 rings (SSSR count). The molecule has 0 aliphatic rings. The molecule has 4 heteroatoms. The Morgan fingerprint density at radius 1 is 1.43 bits per heavy atom. The standard InChI is InChI=1S/C3H6F2O2/c4-2-1-3(5,6)7/h6-7H,1-2H2. The summed E-state index contributed by atoms with van der Waals surface area (Å²) >= 11 is 0. The highest BCUT2D eigenvalue weighted by molar-refractivity contribution is 4.43. The van der Waals surface area contributed by atoms with E-state index in [1.54, 1.807) is 0 Å². The van der Waals surface area contributed by atoms with Gasteiger partial charge in [0.25, 0.3) is 0 Å². The van der Waals surface area contributed by atoms with Gasteiger partial charge in [-0.3, -0.25) is 4.39 Å². The molecule has 44 valence electrons. The number of halogens is 2. The van der Waals surface area contributed by atoms with Crippen LogP contribution in [0.1, 0.15) is 6.42 Å². The summed E-state index contributed by atoms with van der Waals surface area (Å²) in [7, 11) is 0. The maximum Gasteiger partial charge on any atom is 0.317 e. The lowest BCUT2D eigenvalue weighted by Crippen LogP contribution is -2.20. The van der Waals surface area contributed by atoms with Crippen molar-refractivity contribution in [3.63, 3.8) is 0 Å². The van der Waals surface area contributed by atoms with Crippen LogP contribution in [0.25, 0.3) is 0 Å². The zero-order valence-electron chi connectivity index (χ0n) is 3.56. The SMILES string of the molecule is OC(O)(F)CCF. The summed E-state index contributed by atoms with van der Waals surface area (Å²) in [6.45, 7) is -1.07. The molecular formula is C3H6F2O2. The van der Waals surface area contributed by atoms with Gasteiger partial charge in [-0.2, -0.15) is 4.39 Å². The smallest absolute Gasteiger partial charge is 0.317 e. The highest BCUT2D eigenvalue weighted by atomic mass is 19.2. The predicted molar refractivity (Wildman–Crippen MR) is 18.9 cm³/mol. The normalized spacial score (nSPS) is 12.0. The van der Waals surface area contributed by atoms with Crippen molar-refractivity contribution < 1.29 is 19.0 Å². The first kappa shape index (κ1) is 6.78. The summed E-state index contributed by atoms with van der Waals surface area (Å²) in [5.41, 5.74) is 0. The van der Waals surface area contributed by atoms with E-state index in [1.165, 1.54) is 0 Å². The van der Waals surface area contributed by atoms with Crippen molar-refractivity contribution >= 4 is 0 Å². The Hall–Kier alpha value is -0.220. The minimum absolute atomic E-state index is 0.882. The maximum absolute atomic E-state index is 11.3. The molecule has 0 heterocycles. The maximum atomic E-state index is 11.3. The van der Waals surface area contributed by atoms with Crippen LogP contribution in [0.4, 0.5) is 8.78 Å². The van der Waals surface area contributed by atoms with Crippen molar-refractivity contribution in [2.45, 2.75) is 12.5 Å². The van der Waals surface area contributed by atoms with E-state index in [0.717, 1.165) is 0 Å². The van der Waals surface area contributed by atoms with Crippen LogP contribution < -0.4 is 0 Å². The summed E-state index contributed by atoms with van der Waals surface area (Å²) in [6, 6.07) is -3.32. The Morgan fingerprint density at radius 3 is 1.86 bits per heavy atom. The molecule has 0 fully saturated rings. The molecule has 0 saturated heterocycles. The number of aliphatic hydroxyl groups is 2. The highest BCUT2D eigenvalue weighted by Gasteiger charge is 2.19. The van der Waals surface area contributed by atoms with Gasteiger partial charge in [-0.05, 0) is 0 Å². The summed E-state index contributed by atoms with van der Waals surface area (Å²) in [5, 5.41) is 15.3. The minimum Gasteiger partial charge on any atom is -0.340 e. The van der Waals surface area contributed by atoms with Crippen LogP contribution in [0.15, 0.2) is 0 Å². The molecule has 0 atom stereocenters. The van der Waals surface area contributed by atoms with E-state index in [9.17, 15) is 8.78 Å². The van der Waals surface area contributed by atoms with Gasteiger partial charge in [0.2, 0.25) is 0 Å². The molecular weight excluding hydrogens is 106 g/mol. The summed E-state index contributed by atoms with van der Waals surface area (Å²) in [4.78, 5) is 0. The monoisotopic (exact) mass is 112 g/mol. The van der Waals surface area contributed by atoms with E-state index >= 15 is 0 Å². The van der Waals surface area contributed by atoms with E-state index in [2.05, 4.69) is 0 Å². The Morgan fingerprint density at radius 2 is 1.86 bits per heavy atom. The zero-order chi connectivity index (χ0) is 5.91. The van der Waals surface area contributed by atoms with Crippen molar-refractivity contribution in [3.05, 3.63) is 0 Å². The van der Waals surface area contributed by atoms with E-state index in [4.69, 9.17) is 10.2 Å². The van der Waals surface area contributed by atoms with Crippen molar-refractivity contribution in [2.75, 3.05) is 6.67 Å². The Kier molecular flexibility index (Phi) is 2.11. The highest BCUT2D eigenvalue weighted by Crippen LogP contribution is 2.05. The first-order chi connectivity index (χ1) is 3.06. The van der Waals surface area contributed by atoms with Crippen molar-refractivity contribution in [1.29, 1.82) is 0 Å². The molecule has 0 bridgehead atoms. The molecule has 0 radical (unpaired) electrons. The third kappa shape index (κ3) is 5.78. The van der Waals surface area contributed by atoms with Gasteiger partial charge < -0.3 is 10.2 Å². The van der Waals surface area contributed by atoms with Crippen LogP contribution in [-0.4, -0.2) is 22.9 Å². The van der Waals surface area contributed by atoms with Crippen molar-refractivity contribution in [2.24, 2.45) is 0 Å². The van der Waals surface area contributed by atoms with Crippen LogP contribution in [0, 0.1) is 0 Å². The lowest BCUT2D eigenvalue weighted by atomic mass is 10.4. The lowest BCUT2D eigenvalue weighted by Gasteiger charge is -2.05. The molecule has 0 aromatic carbocycles. The zero-order valence-corrected chi connectivity index (χ0v) is 3.56. The fourth-order valence-electron chi connectivity index (χ4n) is 0.120. The first-order valence-corrected chi connectivity index (χ1v) is 1.76. The second kappa shape index (κ2) is 2.18. The van der Waals surface area contributed by atoms with Gasteiger partial charge in [-0.15, -0.1) is 0 Å². The molecule has 0 unspecified atom stereocenters. The van der Waals surface area contributed by atoms with Gasteiger partial charge in [0, 0.05) is 0 Å². The second-order valence-electron chi connectivity index (χ2n) is 1.16. The Bertz CT molecular complexity index is 49.4. The molecule has 0 amide bonds. The molecule has 0 saturated carbocycles. The average Bonchev–Trinajstić information content (AvgIpc) is 1.30. The van der Waals surface area contributed by atoms with Crippen molar-refractivity contribution in [3.8, 4) is 0 Å². The topological polar surface area (TPSA) is 40.5 Å².